The molecule has 32 heavy (non-hydrogen) atoms. The van der Waals surface area contributed by atoms with E-state index in [0.29, 0.717) is 22.8 Å². The van der Waals surface area contributed by atoms with E-state index in [1.165, 1.54) is 16.7 Å². The Morgan fingerprint density at radius 2 is 1.62 bits per heavy atom. The number of thioether (sulfide) groups is 1. The SMILES string of the molecule is Cc1ccccc1N1C(=O)[C@@H](Cc2ccccc2)S/C1=C(\C#N)C(=O)Nc1ccccc1. The highest BCUT2D eigenvalue weighted by molar-refractivity contribution is 8.05. The average molecular weight is 440 g/mol. The van der Waals surface area contributed by atoms with Gasteiger partial charge in [0.05, 0.1) is 10.9 Å². The summed E-state index contributed by atoms with van der Waals surface area (Å²) in [4.78, 5) is 28.0. The maximum atomic E-state index is 13.5. The molecule has 2 amide bonds. The minimum absolute atomic E-state index is 0.0778. The van der Waals surface area contributed by atoms with Gasteiger partial charge < -0.3 is 5.32 Å². The normalized spacial score (nSPS) is 17.1. The second-order valence-corrected chi connectivity index (χ2v) is 8.56. The molecule has 1 N–H and O–H groups in total. The van der Waals surface area contributed by atoms with Gasteiger partial charge in [0.2, 0.25) is 5.91 Å². The number of carbonyl (C=O) groups is 2. The first-order chi connectivity index (χ1) is 15.6. The molecule has 1 atom stereocenters. The molecule has 1 saturated heterocycles. The molecule has 1 fully saturated rings. The lowest BCUT2D eigenvalue weighted by Crippen LogP contribution is -2.31. The van der Waals surface area contributed by atoms with E-state index >= 15 is 0 Å². The smallest absolute Gasteiger partial charge is 0.269 e. The summed E-state index contributed by atoms with van der Waals surface area (Å²) in [6.45, 7) is 1.91. The lowest BCUT2D eigenvalue weighted by molar-refractivity contribution is -0.117. The van der Waals surface area contributed by atoms with Crippen molar-refractivity contribution in [2.24, 2.45) is 0 Å². The van der Waals surface area contributed by atoms with Crippen LogP contribution in [0.4, 0.5) is 11.4 Å². The zero-order valence-electron chi connectivity index (χ0n) is 17.5. The molecule has 0 saturated carbocycles. The number of hydrogen-bond acceptors (Lipinski definition) is 4. The van der Waals surface area contributed by atoms with Crippen LogP contribution in [-0.4, -0.2) is 17.1 Å². The first-order valence-corrected chi connectivity index (χ1v) is 11.1. The van der Waals surface area contributed by atoms with Crippen LogP contribution in [0.15, 0.2) is 95.5 Å². The second-order valence-electron chi connectivity index (χ2n) is 7.37. The van der Waals surface area contributed by atoms with E-state index in [4.69, 9.17) is 0 Å². The van der Waals surface area contributed by atoms with Gasteiger partial charge in [-0.05, 0) is 42.7 Å². The lowest BCUT2D eigenvalue weighted by Gasteiger charge is -2.20. The Bertz CT molecular complexity index is 1220. The summed E-state index contributed by atoms with van der Waals surface area (Å²) in [7, 11) is 0. The predicted molar refractivity (Wildman–Crippen MR) is 128 cm³/mol. The fraction of sp³-hybridized carbons (Fsp3) is 0.115. The molecule has 0 aliphatic carbocycles. The molecule has 3 aromatic carbocycles. The van der Waals surface area contributed by atoms with E-state index < -0.39 is 11.2 Å². The number of anilines is 2. The first-order valence-electron chi connectivity index (χ1n) is 10.2. The van der Waals surface area contributed by atoms with Crippen LogP contribution < -0.4 is 10.2 Å². The number of nitrogens with zero attached hydrogens (tertiary/aromatic N) is 2. The molecule has 1 heterocycles. The highest BCUT2D eigenvalue weighted by Gasteiger charge is 2.41. The van der Waals surface area contributed by atoms with Crippen molar-refractivity contribution in [1.29, 1.82) is 5.26 Å². The topological polar surface area (TPSA) is 73.2 Å². The molecular weight excluding hydrogens is 418 g/mol. The maximum absolute atomic E-state index is 13.5. The number of rotatable bonds is 5. The first kappa shape index (κ1) is 21.4. The van der Waals surface area contributed by atoms with Gasteiger partial charge in [0.25, 0.3) is 5.91 Å². The summed E-state index contributed by atoms with van der Waals surface area (Å²) in [6, 6.07) is 28.2. The van der Waals surface area contributed by atoms with Crippen LogP contribution >= 0.6 is 11.8 Å². The Kier molecular flexibility index (Phi) is 6.39. The van der Waals surface area contributed by atoms with Gasteiger partial charge >= 0.3 is 0 Å². The van der Waals surface area contributed by atoms with Crippen molar-refractivity contribution in [3.63, 3.8) is 0 Å². The molecule has 1 aliphatic rings. The molecular formula is C26H21N3O2S. The van der Waals surface area contributed by atoms with Crippen molar-refractivity contribution in [2.75, 3.05) is 10.2 Å². The molecule has 5 nitrogen and oxygen atoms in total. The quantitative estimate of drug-likeness (QED) is 0.445. The Balaban J connectivity index is 1.75. The van der Waals surface area contributed by atoms with Crippen LogP contribution in [0.25, 0.3) is 0 Å². The molecule has 0 unspecified atom stereocenters. The number of para-hydroxylation sites is 2. The zero-order valence-corrected chi connectivity index (χ0v) is 18.3. The molecule has 4 rings (SSSR count). The number of carbonyl (C=O) groups excluding carboxylic acids is 2. The highest BCUT2D eigenvalue weighted by atomic mass is 32.2. The highest BCUT2D eigenvalue weighted by Crippen LogP contribution is 2.42. The number of amides is 2. The Labute approximate surface area is 191 Å². The minimum atomic E-state index is -0.534. The van der Waals surface area contributed by atoms with Gasteiger partial charge in [-0.1, -0.05) is 78.5 Å². The summed E-state index contributed by atoms with van der Waals surface area (Å²) < 4.78 is 0. The van der Waals surface area contributed by atoms with Gasteiger partial charge in [-0.3, -0.25) is 14.5 Å². The van der Waals surface area contributed by atoms with Crippen LogP contribution in [0, 0.1) is 18.3 Å². The molecule has 1 aliphatic heterocycles. The molecule has 0 aromatic heterocycles. The summed E-state index contributed by atoms with van der Waals surface area (Å²) in [5, 5.41) is 12.6. The lowest BCUT2D eigenvalue weighted by atomic mass is 10.1. The van der Waals surface area contributed by atoms with Crippen LogP contribution in [-0.2, 0) is 16.0 Å². The van der Waals surface area contributed by atoms with Gasteiger partial charge in [0.15, 0.2) is 0 Å². The van der Waals surface area contributed by atoms with Crippen molar-refractivity contribution >= 4 is 35.0 Å². The van der Waals surface area contributed by atoms with Crippen molar-refractivity contribution in [2.45, 2.75) is 18.6 Å². The van der Waals surface area contributed by atoms with Crippen molar-refractivity contribution in [3.8, 4) is 6.07 Å². The van der Waals surface area contributed by atoms with Crippen molar-refractivity contribution < 1.29 is 9.59 Å². The molecule has 3 aromatic rings. The summed E-state index contributed by atoms with van der Waals surface area (Å²) >= 11 is 1.27. The molecule has 158 valence electrons. The number of nitrogens with one attached hydrogen (secondary N) is 1. The van der Waals surface area contributed by atoms with E-state index in [2.05, 4.69) is 5.32 Å². The van der Waals surface area contributed by atoms with Crippen LogP contribution in [0.5, 0.6) is 0 Å². The molecule has 0 spiro atoms. The van der Waals surface area contributed by atoms with Gasteiger partial charge in [0, 0.05) is 5.69 Å². The maximum Gasteiger partial charge on any atom is 0.269 e. The third-order valence-electron chi connectivity index (χ3n) is 5.16. The number of nitriles is 1. The Morgan fingerprint density at radius 3 is 2.28 bits per heavy atom. The third-order valence-corrected chi connectivity index (χ3v) is 6.42. The number of aryl methyl sites for hydroxylation is 1. The summed E-state index contributed by atoms with van der Waals surface area (Å²) in [5.41, 5.74) is 3.10. The summed E-state index contributed by atoms with van der Waals surface area (Å²) in [5.74, 6) is -0.670. The van der Waals surface area contributed by atoms with E-state index in [1.54, 1.807) is 24.3 Å². The van der Waals surface area contributed by atoms with Gasteiger partial charge in [0.1, 0.15) is 16.7 Å². The zero-order chi connectivity index (χ0) is 22.5. The average Bonchev–Trinajstić information content (AvgIpc) is 3.11. The van der Waals surface area contributed by atoms with Crippen LogP contribution in [0.1, 0.15) is 11.1 Å². The Morgan fingerprint density at radius 1 is 1.00 bits per heavy atom. The second kappa shape index (κ2) is 9.54. The number of hydrogen-bond donors (Lipinski definition) is 1. The minimum Gasteiger partial charge on any atom is -0.321 e. The van der Waals surface area contributed by atoms with Gasteiger partial charge in [-0.25, -0.2) is 0 Å². The fourth-order valence-corrected chi connectivity index (χ4v) is 4.86. The van der Waals surface area contributed by atoms with E-state index in [0.717, 1.165) is 11.1 Å². The molecule has 0 radical (unpaired) electrons. The largest absolute Gasteiger partial charge is 0.321 e. The number of benzene rings is 3. The molecule has 0 bridgehead atoms. The van der Waals surface area contributed by atoms with Crippen molar-refractivity contribution in [3.05, 3.63) is 107 Å². The Hall–Kier alpha value is -3.82. The van der Waals surface area contributed by atoms with Crippen LogP contribution in [0.3, 0.4) is 0 Å². The van der Waals surface area contributed by atoms with E-state index in [1.807, 2.05) is 73.7 Å². The van der Waals surface area contributed by atoms with Crippen LogP contribution in [0.2, 0.25) is 0 Å². The predicted octanol–water partition coefficient (Wildman–Crippen LogP) is 5.06. The monoisotopic (exact) mass is 439 g/mol. The van der Waals surface area contributed by atoms with E-state index in [-0.39, 0.29) is 11.5 Å². The fourth-order valence-electron chi connectivity index (χ4n) is 3.56. The molecule has 6 heteroatoms. The van der Waals surface area contributed by atoms with Crippen molar-refractivity contribution in [1.82, 2.24) is 0 Å². The third kappa shape index (κ3) is 4.43. The van der Waals surface area contributed by atoms with E-state index in [9.17, 15) is 14.9 Å². The summed E-state index contributed by atoms with van der Waals surface area (Å²) in [6.07, 6.45) is 0.509. The van der Waals surface area contributed by atoms with Gasteiger partial charge in [-0.2, -0.15) is 5.26 Å². The van der Waals surface area contributed by atoms with Gasteiger partial charge in [-0.15, -0.1) is 0 Å². The standard InChI is InChI=1S/C26H21N3O2S/c1-18-10-8-9-15-22(18)29-25(31)23(16-19-11-4-2-5-12-19)32-26(29)21(17-27)24(30)28-20-13-6-3-7-14-20/h2-15,23H,16H2,1H3,(H,28,30)/b26-21+/t23-/m1/s1.